The Morgan fingerprint density at radius 2 is 2.20 bits per heavy atom. The van der Waals surface area contributed by atoms with Gasteiger partial charge in [-0.25, -0.2) is 0 Å². The fourth-order valence-corrected chi connectivity index (χ4v) is 4.01. The summed E-state index contributed by atoms with van der Waals surface area (Å²) in [6.45, 7) is 0.164. The summed E-state index contributed by atoms with van der Waals surface area (Å²) in [5.41, 5.74) is 4.34. The number of hydrogen-bond acceptors (Lipinski definition) is 7. The van der Waals surface area contributed by atoms with Gasteiger partial charge < -0.3 is 19.5 Å². The van der Waals surface area contributed by atoms with Gasteiger partial charge in [-0.1, -0.05) is 0 Å². The van der Waals surface area contributed by atoms with E-state index in [1.165, 1.54) is 11.7 Å². The molecule has 7 nitrogen and oxygen atoms in total. The monoisotopic (exact) mass is 355 g/mol. The van der Waals surface area contributed by atoms with Crippen LogP contribution in [0.25, 0.3) is 11.0 Å². The molecule has 1 aromatic heterocycles. The number of nitrogens with one attached hydrogen (secondary N) is 1. The molecule has 1 amide bonds. The zero-order chi connectivity index (χ0) is 17.0. The molecule has 3 heterocycles. The van der Waals surface area contributed by atoms with E-state index in [4.69, 9.17) is 14.2 Å². The highest BCUT2D eigenvalue weighted by Gasteiger charge is 2.32. The molecule has 0 saturated heterocycles. The quantitative estimate of drug-likeness (QED) is 0.761. The second-order valence-corrected chi connectivity index (χ2v) is 6.45. The van der Waals surface area contributed by atoms with Crippen molar-refractivity contribution < 1.29 is 19.0 Å². The van der Waals surface area contributed by atoms with Crippen LogP contribution in [-0.2, 0) is 4.79 Å². The average molecular weight is 355 g/mol. The van der Waals surface area contributed by atoms with Gasteiger partial charge in [0.2, 0.25) is 18.4 Å². The number of fused-ring (bicyclic) bond motifs is 4. The maximum absolute atomic E-state index is 12.2. The Bertz CT molecular complexity index is 1020. The van der Waals surface area contributed by atoms with Gasteiger partial charge in [0, 0.05) is 23.6 Å². The number of methoxy groups -OCH3 is 1. The summed E-state index contributed by atoms with van der Waals surface area (Å²) in [6, 6.07) is 7.57. The molecule has 2 aromatic carbocycles. The van der Waals surface area contributed by atoms with Crippen molar-refractivity contribution in [2.45, 2.75) is 12.3 Å². The highest BCUT2D eigenvalue weighted by molar-refractivity contribution is 7.00. The number of amides is 1. The highest BCUT2D eigenvalue weighted by atomic mass is 32.1. The van der Waals surface area contributed by atoms with E-state index in [2.05, 4.69) is 14.1 Å². The molecule has 0 spiro atoms. The standard InChI is InChI=1S/C17H13N3O4S/c1-22-12-4-8(5-13-17(12)24-7-23-13)9-6-14(21)18-10-2-3-11-16(15(9)10)20-25-19-11/h2-5,9H,6-7H2,1H3,(H,18,21)/t9-/m1/s1. The molecule has 0 saturated carbocycles. The molecule has 0 aliphatic carbocycles. The molecule has 5 rings (SSSR count). The summed E-state index contributed by atoms with van der Waals surface area (Å²) in [5.74, 6) is 1.64. The first-order chi connectivity index (χ1) is 12.2. The number of nitrogens with zero attached hydrogens (tertiary/aromatic N) is 2. The third-order valence-corrected chi connectivity index (χ3v) is 5.10. The van der Waals surface area contributed by atoms with Gasteiger partial charge in [0.1, 0.15) is 11.0 Å². The molecule has 25 heavy (non-hydrogen) atoms. The largest absolute Gasteiger partial charge is 0.493 e. The van der Waals surface area contributed by atoms with Gasteiger partial charge in [0.15, 0.2) is 11.5 Å². The van der Waals surface area contributed by atoms with Crippen molar-refractivity contribution in [3.63, 3.8) is 0 Å². The fourth-order valence-electron chi connectivity index (χ4n) is 3.46. The zero-order valence-electron chi connectivity index (χ0n) is 13.2. The molecule has 0 unspecified atom stereocenters. The van der Waals surface area contributed by atoms with Crippen molar-refractivity contribution in [1.29, 1.82) is 0 Å². The van der Waals surface area contributed by atoms with Crippen molar-refractivity contribution in [1.82, 2.24) is 8.75 Å². The number of ether oxygens (including phenoxy) is 3. The van der Waals surface area contributed by atoms with E-state index in [0.717, 1.165) is 27.8 Å². The number of benzene rings is 2. The van der Waals surface area contributed by atoms with Gasteiger partial charge in [0.25, 0.3) is 0 Å². The Hall–Kier alpha value is -2.87. The summed E-state index contributed by atoms with van der Waals surface area (Å²) in [6.07, 6.45) is 0.326. The topological polar surface area (TPSA) is 82.6 Å². The van der Waals surface area contributed by atoms with Crippen LogP contribution in [0.2, 0.25) is 0 Å². The van der Waals surface area contributed by atoms with E-state index in [0.29, 0.717) is 23.7 Å². The second kappa shape index (κ2) is 5.32. The first-order valence-corrected chi connectivity index (χ1v) is 8.50. The van der Waals surface area contributed by atoms with Crippen LogP contribution in [-0.4, -0.2) is 28.6 Å². The van der Waals surface area contributed by atoms with Crippen LogP contribution in [0, 0.1) is 0 Å². The maximum Gasteiger partial charge on any atom is 0.231 e. The van der Waals surface area contributed by atoms with Gasteiger partial charge in [-0.05, 0) is 29.8 Å². The van der Waals surface area contributed by atoms with Crippen molar-refractivity contribution in [2.75, 3.05) is 19.2 Å². The molecule has 2 aliphatic rings. The third-order valence-electron chi connectivity index (χ3n) is 4.56. The van der Waals surface area contributed by atoms with Crippen molar-refractivity contribution in [3.8, 4) is 17.2 Å². The van der Waals surface area contributed by atoms with Crippen molar-refractivity contribution in [3.05, 3.63) is 35.4 Å². The van der Waals surface area contributed by atoms with Gasteiger partial charge in [-0.2, -0.15) is 8.75 Å². The number of carbonyl (C=O) groups excluding carboxylic acids is 1. The van der Waals surface area contributed by atoms with E-state index < -0.39 is 0 Å². The van der Waals surface area contributed by atoms with Crippen LogP contribution < -0.4 is 19.5 Å². The minimum Gasteiger partial charge on any atom is -0.493 e. The highest BCUT2D eigenvalue weighted by Crippen LogP contribution is 2.47. The minimum atomic E-state index is -0.153. The molecule has 0 bridgehead atoms. The molecular formula is C17H13N3O4S. The van der Waals surface area contributed by atoms with E-state index in [9.17, 15) is 4.79 Å². The SMILES string of the molecule is COc1cc([C@H]2CC(=O)Nc3ccc4nsnc4c32)cc2c1OCO2. The van der Waals surface area contributed by atoms with Crippen LogP contribution >= 0.6 is 11.7 Å². The fraction of sp³-hybridized carbons (Fsp3) is 0.235. The number of aromatic nitrogens is 2. The summed E-state index contributed by atoms with van der Waals surface area (Å²) in [7, 11) is 1.59. The second-order valence-electron chi connectivity index (χ2n) is 5.92. The molecule has 126 valence electrons. The Morgan fingerprint density at radius 1 is 1.28 bits per heavy atom. The lowest BCUT2D eigenvalue weighted by molar-refractivity contribution is -0.116. The predicted molar refractivity (Wildman–Crippen MR) is 91.6 cm³/mol. The first kappa shape index (κ1) is 14.5. The van der Waals surface area contributed by atoms with Gasteiger partial charge in [-0.3, -0.25) is 4.79 Å². The Kier molecular flexibility index (Phi) is 3.08. The van der Waals surface area contributed by atoms with E-state index in [-0.39, 0.29) is 18.6 Å². The molecule has 1 atom stereocenters. The molecule has 2 aliphatic heterocycles. The molecule has 0 fully saturated rings. The number of rotatable bonds is 2. The van der Waals surface area contributed by atoms with E-state index in [1.54, 1.807) is 7.11 Å². The van der Waals surface area contributed by atoms with Crippen LogP contribution in [0.4, 0.5) is 5.69 Å². The lowest BCUT2D eigenvalue weighted by Gasteiger charge is -2.26. The zero-order valence-corrected chi connectivity index (χ0v) is 14.1. The van der Waals surface area contributed by atoms with Gasteiger partial charge >= 0.3 is 0 Å². The van der Waals surface area contributed by atoms with Crippen molar-refractivity contribution in [2.24, 2.45) is 0 Å². The molecular weight excluding hydrogens is 342 g/mol. The average Bonchev–Trinajstić information content (AvgIpc) is 3.28. The van der Waals surface area contributed by atoms with Gasteiger partial charge in [-0.15, -0.1) is 0 Å². The van der Waals surface area contributed by atoms with Crippen LogP contribution in [0.15, 0.2) is 24.3 Å². The normalized spacial score (nSPS) is 18.1. The lowest BCUT2D eigenvalue weighted by Crippen LogP contribution is -2.23. The lowest BCUT2D eigenvalue weighted by atomic mass is 9.83. The van der Waals surface area contributed by atoms with Crippen LogP contribution in [0.3, 0.4) is 0 Å². The van der Waals surface area contributed by atoms with Gasteiger partial charge in [0.05, 0.1) is 18.8 Å². The number of hydrogen-bond donors (Lipinski definition) is 1. The smallest absolute Gasteiger partial charge is 0.231 e. The maximum atomic E-state index is 12.2. The van der Waals surface area contributed by atoms with Crippen LogP contribution in [0.1, 0.15) is 23.5 Å². The summed E-state index contributed by atoms with van der Waals surface area (Å²) >= 11 is 1.17. The Morgan fingerprint density at radius 3 is 3.08 bits per heavy atom. The Labute approximate surface area is 146 Å². The number of anilines is 1. The molecule has 0 radical (unpaired) electrons. The molecule has 8 heteroatoms. The molecule has 1 N–H and O–H groups in total. The summed E-state index contributed by atoms with van der Waals surface area (Å²) in [5, 5.41) is 2.93. The van der Waals surface area contributed by atoms with E-state index in [1.807, 2.05) is 24.3 Å². The molecule has 3 aromatic rings. The first-order valence-electron chi connectivity index (χ1n) is 7.77. The minimum absolute atomic E-state index is 0.0309. The van der Waals surface area contributed by atoms with Crippen LogP contribution in [0.5, 0.6) is 17.2 Å². The van der Waals surface area contributed by atoms with Crippen molar-refractivity contribution >= 4 is 34.4 Å². The summed E-state index contributed by atoms with van der Waals surface area (Å²) in [4.78, 5) is 12.2. The third kappa shape index (κ3) is 2.14. The van der Waals surface area contributed by atoms with E-state index >= 15 is 0 Å². The Balaban J connectivity index is 1.73. The number of carbonyl (C=O) groups is 1. The predicted octanol–water partition coefficient (Wildman–Crippen LogP) is 2.90. The summed E-state index contributed by atoms with van der Waals surface area (Å²) < 4.78 is 25.2.